The van der Waals surface area contributed by atoms with E-state index < -0.39 is 5.82 Å². The fourth-order valence-electron chi connectivity index (χ4n) is 3.05. The number of hydrogen-bond acceptors (Lipinski definition) is 4. The number of benzene rings is 2. The average molecular weight is 365 g/mol. The third-order valence-electron chi connectivity index (χ3n) is 4.72. The fraction of sp³-hybridized carbons (Fsp3) is 0.200. The van der Waals surface area contributed by atoms with E-state index in [2.05, 4.69) is 15.5 Å². The molecule has 0 radical (unpaired) electrons. The number of aromatic amines is 1. The Hall–Kier alpha value is -3.35. The zero-order valence-electron chi connectivity index (χ0n) is 14.3. The molecule has 3 aromatic rings. The van der Waals surface area contributed by atoms with E-state index >= 15 is 0 Å². The summed E-state index contributed by atoms with van der Waals surface area (Å²) in [4.78, 5) is 12.0. The SMILES string of the molecule is O=C(Nc1cc2c(/C=C/c3ccc4c(c3)OCO4)n[nH]c2cc1F)C1CC1. The Morgan fingerprint density at radius 3 is 2.89 bits per heavy atom. The van der Waals surface area contributed by atoms with Gasteiger partial charge in [0.2, 0.25) is 12.7 Å². The summed E-state index contributed by atoms with van der Waals surface area (Å²) in [5.41, 5.74) is 2.34. The molecular weight excluding hydrogens is 349 g/mol. The molecule has 6 nitrogen and oxygen atoms in total. The number of hydrogen-bond donors (Lipinski definition) is 2. The van der Waals surface area contributed by atoms with Crippen molar-refractivity contribution in [3.05, 3.63) is 47.4 Å². The number of aromatic nitrogens is 2. The van der Waals surface area contributed by atoms with Crippen LogP contribution in [0.15, 0.2) is 30.3 Å². The van der Waals surface area contributed by atoms with Crippen molar-refractivity contribution < 1.29 is 18.7 Å². The molecule has 1 amide bonds. The number of nitrogens with one attached hydrogen (secondary N) is 2. The van der Waals surface area contributed by atoms with Gasteiger partial charge in [-0.05, 0) is 42.7 Å². The van der Waals surface area contributed by atoms with Crippen molar-refractivity contribution in [2.24, 2.45) is 5.92 Å². The Morgan fingerprint density at radius 2 is 2.04 bits per heavy atom. The van der Waals surface area contributed by atoms with Crippen molar-refractivity contribution in [2.75, 3.05) is 12.1 Å². The molecule has 7 heteroatoms. The van der Waals surface area contributed by atoms with Crippen LogP contribution in [-0.4, -0.2) is 22.9 Å². The van der Waals surface area contributed by atoms with Gasteiger partial charge in [-0.15, -0.1) is 0 Å². The standard InChI is InChI=1S/C20H16FN3O3/c21-14-9-16-13(8-17(14)22-20(25)12-3-4-12)15(23-24-16)5-1-11-2-6-18-19(7-11)27-10-26-18/h1-2,5-9,12H,3-4,10H2,(H,22,25)(H,23,24)/b5-1+. The highest BCUT2D eigenvalue weighted by Gasteiger charge is 2.30. The second-order valence-electron chi connectivity index (χ2n) is 6.70. The third kappa shape index (κ3) is 3.01. The van der Waals surface area contributed by atoms with Gasteiger partial charge < -0.3 is 14.8 Å². The maximum Gasteiger partial charge on any atom is 0.231 e. The van der Waals surface area contributed by atoms with Gasteiger partial charge in [-0.1, -0.05) is 12.1 Å². The molecule has 27 heavy (non-hydrogen) atoms. The molecule has 1 saturated carbocycles. The minimum Gasteiger partial charge on any atom is -0.454 e. The largest absolute Gasteiger partial charge is 0.454 e. The number of anilines is 1. The highest BCUT2D eigenvalue weighted by Crippen LogP contribution is 2.34. The van der Waals surface area contributed by atoms with Gasteiger partial charge in [0.1, 0.15) is 5.82 Å². The lowest BCUT2D eigenvalue weighted by Crippen LogP contribution is -2.14. The average Bonchev–Trinajstić information content (AvgIpc) is 3.30. The molecule has 0 bridgehead atoms. The normalized spacial score (nSPS) is 15.6. The number of amides is 1. The molecule has 1 aliphatic heterocycles. The molecule has 2 aliphatic rings. The van der Waals surface area contributed by atoms with Gasteiger partial charge in [0.05, 0.1) is 16.9 Å². The van der Waals surface area contributed by atoms with Crippen LogP contribution in [0.4, 0.5) is 10.1 Å². The van der Waals surface area contributed by atoms with E-state index in [1.165, 1.54) is 6.07 Å². The highest BCUT2D eigenvalue weighted by molar-refractivity contribution is 5.98. The van der Waals surface area contributed by atoms with Crippen molar-refractivity contribution in [2.45, 2.75) is 12.8 Å². The quantitative estimate of drug-likeness (QED) is 0.734. The van der Waals surface area contributed by atoms with Crippen LogP contribution in [0, 0.1) is 11.7 Å². The summed E-state index contributed by atoms with van der Waals surface area (Å²) >= 11 is 0. The Balaban J connectivity index is 1.45. The molecule has 1 aromatic heterocycles. The maximum atomic E-state index is 14.2. The molecule has 136 valence electrons. The number of fused-ring (bicyclic) bond motifs is 2. The molecule has 2 heterocycles. The van der Waals surface area contributed by atoms with Crippen molar-refractivity contribution >= 4 is 34.6 Å². The van der Waals surface area contributed by atoms with Crippen LogP contribution in [0.3, 0.4) is 0 Å². The van der Waals surface area contributed by atoms with Crippen molar-refractivity contribution in [1.82, 2.24) is 10.2 Å². The highest BCUT2D eigenvalue weighted by atomic mass is 19.1. The molecule has 1 fully saturated rings. The molecule has 0 saturated heterocycles. The van der Waals surface area contributed by atoms with E-state index in [-0.39, 0.29) is 24.3 Å². The summed E-state index contributed by atoms with van der Waals surface area (Å²) in [6.45, 7) is 0.230. The van der Waals surface area contributed by atoms with E-state index in [0.717, 1.165) is 29.5 Å². The Kier molecular flexibility index (Phi) is 3.60. The number of carbonyl (C=O) groups is 1. The summed E-state index contributed by atoms with van der Waals surface area (Å²) < 4.78 is 24.9. The van der Waals surface area contributed by atoms with Crippen LogP contribution < -0.4 is 14.8 Å². The number of carbonyl (C=O) groups excluding carboxylic acids is 1. The molecule has 0 atom stereocenters. The van der Waals surface area contributed by atoms with Gasteiger partial charge >= 0.3 is 0 Å². The van der Waals surface area contributed by atoms with Gasteiger partial charge in [0, 0.05) is 17.4 Å². The first-order valence-electron chi connectivity index (χ1n) is 8.73. The van der Waals surface area contributed by atoms with Crippen LogP contribution in [0.25, 0.3) is 23.1 Å². The second kappa shape index (κ2) is 6.12. The van der Waals surface area contributed by atoms with E-state index in [1.807, 2.05) is 30.4 Å². The zero-order chi connectivity index (χ0) is 18.4. The lowest BCUT2D eigenvalue weighted by molar-refractivity contribution is -0.117. The summed E-state index contributed by atoms with van der Waals surface area (Å²) in [5.74, 6) is 0.829. The topological polar surface area (TPSA) is 76.2 Å². The van der Waals surface area contributed by atoms with E-state index in [9.17, 15) is 9.18 Å². The van der Waals surface area contributed by atoms with Gasteiger partial charge in [0.25, 0.3) is 0 Å². The number of rotatable bonds is 4. The fourth-order valence-corrected chi connectivity index (χ4v) is 3.05. The maximum absolute atomic E-state index is 14.2. The zero-order valence-corrected chi connectivity index (χ0v) is 14.3. The van der Waals surface area contributed by atoms with Crippen LogP contribution >= 0.6 is 0 Å². The van der Waals surface area contributed by atoms with E-state index in [0.29, 0.717) is 17.0 Å². The van der Waals surface area contributed by atoms with Crippen LogP contribution in [0.1, 0.15) is 24.1 Å². The van der Waals surface area contributed by atoms with Gasteiger partial charge in [-0.25, -0.2) is 4.39 Å². The van der Waals surface area contributed by atoms with Gasteiger partial charge in [-0.2, -0.15) is 5.10 Å². The smallest absolute Gasteiger partial charge is 0.231 e. The van der Waals surface area contributed by atoms with Crippen molar-refractivity contribution in [3.8, 4) is 11.5 Å². The third-order valence-corrected chi connectivity index (χ3v) is 4.72. The number of halogens is 1. The predicted molar refractivity (Wildman–Crippen MR) is 98.9 cm³/mol. The first-order valence-corrected chi connectivity index (χ1v) is 8.73. The first kappa shape index (κ1) is 15.9. The van der Waals surface area contributed by atoms with Gasteiger partial charge in [-0.3, -0.25) is 9.89 Å². The minimum atomic E-state index is -0.480. The Bertz CT molecular complexity index is 1090. The molecule has 0 unspecified atom stereocenters. The van der Waals surface area contributed by atoms with Gasteiger partial charge in [0.15, 0.2) is 11.5 Å². The summed E-state index contributed by atoms with van der Waals surface area (Å²) in [7, 11) is 0. The van der Waals surface area contributed by atoms with Crippen LogP contribution in [0.2, 0.25) is 0 Å². The number of H-pyrrole nitrogens is 1. The Labute approximate surface area is 154 Å². The molecule has 5 rings (SSSR count). The second-order valence-corrected chi connectivity index (χ2v) is 6.70. The lowest BCUT2D eigenvalue weighted by atomic mass is 10.1. The first-order chi connectivity index (χ1) is 13.2. The predicted octanol–water partition coefficient (Wildman–Crippen LogP) is 3.95. The van der Waals surface area contributed by atoms with Crippen LogP contribution in [-0.2, 0) is 4.79 Å². The molecule has 2 aromatic carbocycles. The molecule has 2 N–H and O–H groups in total. The van der Waals surface area contributed by atoms with E-state index in [1.54, 1.807) is 6.07 Å². The summed E-state index contributed by atoms with van der Waals surface area (Å²) in [6, 6.07) is 8.62. The molecule has 1 aliphatic carbocycles. The summed E-state index contributed by atoms with van der Waals surface area (Å²) in [6.07, 6.45) is 5.46. The Morgan fingerprint density at radius 1 is 1.19 bits per heavy atom. The number of nitrogens with zero attached hydrogens (tertiary/aromatic N) is 1. The van der Waals surface area contributed by atoms with Crippen molar-refractivity contribution in [1.29, 1.82) is 0 Å². The summed E-state index contributed by atoms with van der Waals surface area (Å²) in [5, 5.41) is 10.5. The van der Waals surface area contributed by atoms with Crippen molar-refractivity contribution in [3.63, 3.8) is 0 Å². The molecule has 0 spiro atoms. The minimum absolute atomic E-state index is 0.00909. The van der Waals surface area contributed by atoms with Crippen LogP contribution in [0.5, 0.6) is 11.5 Å². The monoisotopic (exact) mass is 365 g/mol. The lowest BCUT2D eigenvalue weighted by Gasteiger charge is -2.06. The molecular formula is C20H16FN3O3. The van der Waals surface area contributed by atoms with E-state index in [4.69, 9.17) is 9.47 Å². The number of ether oxygens (including phenoxy) is 2.